The zero-order chi connectivity index (χ0) is 18.4. The van der Waals surface area contributed by atoms with Crippen LogP contribution in [0.2, 0.25) is 0 Å². The van der Waals surface area contributed by atoms with E-state index in [2.05, 4.69) is 83.1 Å². The van der Waals surface area contributed by atoms with Crippen molar-refractivity contribution in [2.75, 3.05) is 0 Å². The van der Waals surface area contributed by atoms with Gasteiger partial charge in [-0.1, -0.05) is 92.8 Å². The summed E-state index contributed by atoms with van der Waals surface area (Å²) in [5.74, 6) is 1.14. The second-order valence-electron chi connectivity index (χ2n) is 8.65. The van der Waals surface area contributed by atoms with Gasteiger partial charge in [0.1, 0.15) is 0 Å². The second kappa shape index (κ2) is 6.61. The molecule has 0 N–H and O–H groups in total. The fourth-order valence-corrected chi connectivity index (χ4v) is 4.93. The Hall–Kier alpha value is -2.02. The van der Waals surface area contributed by atoms with Crippen LogP contribution in [0.15, 0.2) is 48.5 Å². The first-order valence-electron chi connectivity index (χ1n) is 10.1. The largest absolute Gasteiger partial charge is 0.185 e. The van der Waals surface area contributed by atoms with Gasteiger partial charge >= 0.3 is 0 Å². The van der Waals surface area contributed by atoms with Gasteiger partial charge in [-0.15, -0.1) is 0 Å². The monoisotopic (exact) mass is 340 g/mol. The quantitative estimate of drug-likeness (QED) is 0.515. The molecule has 0 spiro atoms. The molecule has 0 bridgehead atoms. The number of rotatable bonds is 3. The molecule has 3 aromatic rings. The average molecular weight is 340 g/mol. The summed E-state index contributed by atoms with van der Waals surface area (Å²) >= 11 is 0. The Kier molecular flexibility index (Phi) is 4.43. The van der Waals surface area contributed by atoms with Crippen LogP contribution in [0.4, 0.5) is 0 Å². The molecular weight excluding hydrogens is 311 g/mol. The van der Waals surface area contributed by atoms with Crippen molar-refractivity contribution in [3.63, 3.8) is 0 Å². The molecule has 0 saturated heterocycles. The lowest BCUT2D eigenvalue weighted by atomic mass is 9.35. The number of aryl methyl sites for hydroxylation is 1. The summed E-state index contributed by atoms with van der Waals surface area (Å²) in [5, 5.41) is 2.97. The van der Waals surface area contributed by atoms with Crippen molar-refractivity contribution >= 4 is 22.9 Å². The molecule has 1 aliphatic heterocycles. The molecule has 0 amide bonds. The smallest absolute Gasteiger partial charge is 0.0726 e. The number of hydrogen-bond acceptors (Lipinski definition) is 0. The van der Waals surface area contributed by atoms with Gasteiger partial charge in [-0.3, -0.25) is 0 Å². The molecule has 0 fully saturated rings. The lowest BCUT2D eigenvalue weighted by Crippen LogP contribution is -2.42. The van der Waals surface area contributed by atoms with Gasteiger partial charge in [-0.05, 0) is 58.9 Å². The molecule has 1 heterocycles. The van der Waals surface area contributed by atoms with E-state index >= 15 is 0 Å². The van der Waals surface area contributed by atoms with Crippen LogP contribution in [-0.4, -0.2) is 6.71 Å². The molecule has 4 rings (SSSR count). The van der Waals surface area contributed by atoms with E-state index in [0.29, 0.717) is 18.5 Å². The van der Waals surface area contributed by atoms with Crippen LogP contribution in [-0.2, 0) is 12.6 Å². The summed E-state index contributed by atoms with van der Waals surface area (Å²) in [6.07, 6.45) is 2.33. The van der Waals surface area contributed by atoms with Crippen LogP contribution in [0.5, 0.6) is 0 Å². The van der Waals surface area contributed by atoms with Gasteiger partial charge in [0.05, 0.1) is 0 Å². The maximum atomic E-state index is 2.38. The standard InChI is InChI=1S/C25H29B/c1-16(2)21-9-7-10-22(17(3)4)25(21)26-14-19-8-6-11-23-18(5)12-13-20(15-26)24(19)23/h6-13,16-17H,14-15H2,1-5H3. The molecule has 1 heteroatoms. The van der Waals surface area contributed by atoms with Crippen molar-refractivity contribution in [2.24, 2.45) is 0 Å². The molecule has 0 atom stereocenters. The first-order chi connectivity index (χ1) is 12.5. The van der Waals surface area contributed by atoms with Gasteiger partial charge in [0.25, 0.3) is 0 Å². The van der Waals surface area contributed by atoms with E-state index in [4.69, 9.17) is 0 Å². The maximum Gasteiger partial charge on any atom is 0.185 e. The van der Waals surface area contributed by atoms with E-state index in [0.717, 1.165) is 12.6 Å². The first kappa shape index (κ1) is 17.4. The van der Waals surface area contributed by atoms with Gasteiger partial charge in [-0.2, -0.15) is 0 Å². The summed E-state index contributed by atoms with van der Waals surface area (Å²) in [4.78, 5) is 0. The SMILES string of the molecule is Cc1ccc2c3c(cccc13)CB(c1c(C(C)C)cccc1C(C)C)C2. The third-order valence-corrected chi connectivity index (χ3v) is 6.19. The Morgan fingerprint density at radius 1 is 0.731 bits per heavy atom. The molecule has 0 nitrogen and oxygen atoms in total. The zero-order valence-corrected chi connectivity index (χ0v) is 16.8. The van der Waals surface area contributed by atoms with Crippen molar-refractivity contribution < 1.29 is 0 Å². The minimum absolute atomic E-state index is 0.568. The van der Waals surface area contributed by atoms with Crippen LogP contribution >= 0.6 is 0 Å². The maximum absolute atomic E-state index is 2.38. The van der Waals surface area contributed by atoms with E-state index in [1.807, 2.05) is 0 Å². The summed E-state index contributed by atoms with van der Waals surface area (Å²) in [7, 11) is 0. The highest BCUT2D eigenvalue weighted by Crippen LogP contribution is 2.32. The Morgan fingerprint density at radius 3 is 1.92 bits per heavy atom. The van der Waals surface area contributed by atoms with Crippen LogP contribution in [0.3, 0.4) is 0 Å². The molecule has 0 unspecified atom stereocenters. The molecular formula is C25H29B. The lowest BCUT2D eigenvalue weighted by Gasteiger charge is -2.29. The predicted octanol–water partition coefficient (Wildman–Crippen LogP) is 5.97. The fraction of sp³-hybridized carbons (Fsp3) is 0.360. The Morgan fingerprint density at radius 2 is 1.31 bits per heavy atom. The molecule has 132 valence electrons. The molecule has 0 aromatic heterocycles. The highest BCUT2D eigenvalue weighted by atomic mass is 14.2. The Labute approximate surface area is 158 Å². The van der Waals surface area contributed by atoms with Crippen molar-refractivity contribution in [3.8, 4) is 0 Å². The van der Waals surface area contributed by atoms with E-state index in [9.17, 15) is 0 Å². The number of hydrogen-bond donors (Lipinski definition) is 0. The van der Waals surface area contributed by atoms with Crippen LogP contribution < -0.4 is 5.46 Å². The normalized spacial score (nSPS) is 13.9. The topological polar surface area (TPSA) is 0 Å². The van der Waals surface area contributed by atoms with Gasteiger partial charge in [0.15, 0.2) is 6.71 Å². The molecule has 0 saturated carbocycles. The van der Waals surface area contributed by atoms with Gasteiger partial charge < -0.3 is 0 Å². The molecule has 1 aliphatic rings. The van der Waals surface area contributed by atoms with Crippen LogP contribution in [0.1, 0.15) is 67.3 Å². The summed E-state index contributed by atoms with van der Waals surface area (Å²) < 4.78 is 0. The Balaban J connectivity index is 1.89. The molecule has 3 aromatic carbocycles. The van der Waals surface area contributed by atoms with E-state index in [1.165, 1.54) is 27.5 Å². The summed E-state index contributed by atoms with van der Waals surface area (Å²) in [6.45, 7) is 12.2. The van der Waals surface area contributed by atoms with Crippen molar-refractivity contribution in [3.05, 3.63) is 76.3 Å². The molecule has 0 radical (unpaired) electrons. The Bertz CT molecular complexity index is 927. The lowest BCUT2D eigenvalue weighted by molar-refractivity contribution is 0.843. The third kappa shape index (κ3) is 2.78. The highest BCUT2D eigenvalue weighted by molar-refractivity contribution is 6.74. The number of benzene rings is 3. The summed E-state index contributed by atoms with van der Waals surface area (Å²) in [6, 6.07) is 18.5. The average Bonchev–Trinajstić information content (AvgIpc) is 2.63. The minimum atomic E-state index is 0.568. The van der Waals surface area contributed by atoms with Crippen molar-refractivity contribution in [1.29, 1.82) is 0 Å². The molecule has 26 heavy (non-hydrogen) atoms. The summed E-state index contributed by atoms with van der Waals surface area (Å²) in [5.41, 5.74) is 9.18. The van der Waals surface area contributed by atoms with E-state index in [1.54, 1.807) is 16.6 Å². The van der Waals surface area contributed by atoms with E-state index < -0.39 is 0 Å². The van der Waals surface area contributed by atoms with Crippen LogP contribution in [0, 0.1) is 6.92 Å². The van der Waals surface area contributed by atoms with Gasteiger partial charge in [0.2, 0.25) is 0 Å². The van der Waals surface area contributed by atoms with Crippen molar-refractivity contribution in [1.82, 2.24) is 0 Å². The second-order valence-corrected chi connectivity index (χ2v) is 8.65. The highest BCUT2D eigenvalue weighted by Gasteiger charge is 2.30. The zero-order valence-electron chi connectivity index (χ0n) is 16.8. The van der Waals surface area contributed by atoms with E-state index in [-0.39, 0.29) is 0 Å². The van der Waals surface area contributed by atoms with Crippen molar-refractivity contribution in [2.45, 2.75) is 59.1 Å². The predicted molar refractivity (Wildman–Crippen MR) is 116 cm³/mol. The van der Waals surface area contributed by atoms with Gasteiger partial charge in [0, 0.05) is 0 Å². The van der Waals surface area contributed by atoms with Gasteiger partial charge in [-0.25, -0.2) is 0 Å². The minimum Gasteiger partial charge on any atom is -0.0726 e. The third-order valence-electron chi connectivity index (χ3n) is 6.19. The fourth-order valence-electron chi connectivity index (χ4n) is 4.93. The van der Waals surface area contributed by atoms with Crippen LogP contribution in [0.25, 0.3) is 10.8 Å². The molecule has 0 aliphatic carbocycles. The first-order valence-corrected chi connectivity index (χ1v) is 10.1.